The minimum absolute atomic E-state index is 0.531. The van der Waals surface area contributed by atoms with Crippen LogP contribution >= 0.6 is 15.9 Å². The largest absolute Gasteiger partial charge is 0.103 e. The van der Waals surface area contributed by atoms with E-state index in [2.05, 4.69) is 35.5 Å². The van der Waals surface area contributed by atoms with Crippen LogP contribution in [0.3, 0.4) is 0 Å². The summed E-state index contributed by atoms with van der Waals surface area (Å²) in [5, 5.41) is 0. The highest BCUT2D eigenvalue weighted by molar-refractivity contribution is 9.10. The summed E-state index contributed by atoms with van der Waals surface area (Å²) in [5.41, 5.74) is 0.646. The quantitative estimate of drug-likeness (QED) is 0.482. The summed E-state index contributed by atoms with van der Waals surface area (Å²) < 4.78 is 0.531. The molecule has 5 fully saturated rings. The van der Waals surface area contributed by atoms with Gasteiger partial charge in [0, 0.05) is 4.32 Å². The molecule has 0 saturated heterocycles. The summed E-state index contributed by atoms with van der Waals surface area (Å²) >= 11 is 4.11. The molecule has 5 saturated carbocycles. The van der Waals surface area contributed by atoms with Gasteiger partial charge in [0.25, 0.3) is 0 Å². The fourth-order valence-electron chi connectivity index (χ4n) is 6.42. The third kappa shape index (κ3) is 1.35. The molecule has 0 amide bonds. The normalized spacial score (nSPS) is 63.8. The van der Waals surface area contributed by atoms with Crippen molar-refractivity contribution in [3.05, 3.63) is 12.7 Å². The zero-order chi connectivity index (χ0) is 11.8. The molecule has 0 N–H and O–H groups in total. The first-order valence-electron chi connectivity index (χ1n) is 7.34. The molecule has 6 bridgehead atoms. The second-order valence-electron chi connectivity index (χ2n) is 7.76. The van der Waals surface area contributed by atoms with Crippen molar-refractivity contribution in [3.8, 4) is 0 Å². The van der Waals surface area contributed by atoms with E-state index < -0.39 is 0 Å². The van der Waals surface area contributed by atoms with Crippen molar-refractivity contribution in [2.75, 3.05) is 0 Å². The van der Waals surface area contributed by atoms with Gasteiger partial charge in [0.2, 0.25) is 0 Å². The van der Waals surface area contributed by atoms with Crippen molar-refractivity contribution in [1.82, 2.24) is 0 Å². The topological polar surface area (TPSA) is 0 Å². The van der Waals surface area contributed by atoms with E-state index in [1.54, 1.807) is 0 Å². The second-order valence-corrected chi connectivity index (χ2v) is 9.44. The third-order valence-corrected chi connectivity index (χ3v) is 7.64. The van der Waals surface area contributed by atoms with E-state index in [0.717, 1.165) is 29.6 Å². The van der Waals surface area contributed by atoms with E-state index in [-0.39, 0.29) is 0 Å². The van der Waals surface area contributed by atoms with Gasteiger partial charge in [0.05, 0.1) is 0 Å². The van der Waals surface area contributed by atoms with Crippen LogP contribution in [0.5, 0.6) is 0 Å². The summed E-state index contributed by atoms with van der Waals surface area (Å²) in [6.07, 6.45) is 11.0. The number of hydrogen-bond acceptors (Lipinski definition) is 0. The molecule has 5 aliphatic rings. The number of halogens is 1. The zero-order valence-electron chi connectivity index (χ0n) is 10.8. The van der Waals surface area contributed by atoms with Gasteiger partial charge in [-0.05, 0) is 73.5 Å². The lowest BCUT2D eigenvalue weighted by atomic mass is 9.39. The van der Waals surface area contributed by atoms with Crippen LogP contribution in [0.15, 0.2) is 12.7 Å². The van der Waals surface area contributed by atoms with E-state index >= 15 is 0 Å². The summed E-state index contributed by atoms with van der Waals surface area (Å²) in [6.45, 7) is 6.66. The van der Waals surface area contributed by atoms with Crippen molar-refractivity contribution in [2.24, 2.45) is 35.0 Å². The Morgan fingerprint density at radius 2 is 2.00 bits per heavy atom. The van der Waals surface area contributed by atoms with Crippen molar-refractivity contribution in [2.45, 2.75) is 49.8 Å². The van der Waals surface area contributed by atoms with E-state index in [1.165, 1.54) is 38.5 Å². The average molecular weight is 295 g/mol. The SMILES string of the molecule is C=CC1CC2C3CC4(Br)CC2C(C1)C(C)(C3)C4. The Labute approximate surface area is 113 Å². The van der Waals surface area contributed by atoms with Gasteiger partial charge < -0.3 is 0 Å². The minimum Gasteiger partial charge on any atom is -0.103 e. The highest BCUT2D eigenvalue weighted by atomic mass is 79.9. The Hall–Kier alpha value is 0.220. The van der Waals surface area contributed by atoms with Gasteiger partial charge in [0.1, 0.15) is 0 Å². The molecule has 0 aliphatic heterocycles. The molecule has 0 nitrogen and oxygen atoms in total. The van der Waals surface area contributed by atoms with E-state index in [1.807, 2.05) is 0 Å². The number of alkyl halides is 1. The molecule has 0 heterocycles. The monoisotopic (exact) mass is 294 g/mol. The Morgan fingerprint density at radius 1 is 1.18 bits per heavy atom. The van der Waals surface area contributed by atoms with E-state index in [4.69, 9.17) is 0 Å². The molecule has 5 rings (SSSR count). The van der Waals surface area contributed by atoms with Crippen LogP contribution in [0.4, 0.5) is 0 Å². The van der Waals surface area contributed by atoms with Crippen molar-refractivity contribution < 1.29 is 0 Å². The molecule has 0 radical (unpaired) electrons. The Kier molecular flexibility index (Phi) is 2.09. The average Bonchev–Trinajstić information content (AvgIpc) is 2.24. The first-order valence-corrected chi connectivity index (χ1v) is 8.14. The fraction of sp³-hybridized carbons (Fsp3) is 0.875. The number of hydrogen-bond donors (Lipinski definition) is 0. The highest BCUT2D eigenvalue weighted by Crippen LogP contribution is 2.71. The second kappa shape index (κ2) is 3.21. The smallest absolute Gasteiger partial charge is 0.0268 e. The molecule has 7 unspecified atom stereocenters. The first-order chi connectivity index (χ1) is 8.03. The molecule has 7 atom stereocenters. The number of allylic oxidation sites excluding steroid dienone is 1. The van der Waals surface area contributed by atoms with Crippen LogP contribution in [-0.4, -0.2) is 4.32 Å². The van der Waals surface area contributed by atoms with Crippen LogP contribution < -0.4 is 0 Å². The lowest BCUT2D eigenvalue weighted by Crippen LogP contribution is -2.62. The maximum Gasteiger partial charge on any atom is 0.0268 e. The lowest BCUT2D eigenvalue weighted by Gasteiger charge is -2.69. The molecule has 1 heteroatoms. The van der Waals surface area contributed by atoms with Crippen LogP contribution in [-0.2, 0) is 0 Å². The van der Waals surface area contributed by atoms with Gasteiger partial charge in [0.15, 0.2) is 0 Å². The molecule has 17 heavy (non-hydrogen) atoms. The summed E-state index contributed by atoms with van der Waals surface area (Å²) in [6, 6.07) is 0. The summed E-state index contributed by atoms with van der Waals surface area (Å²) in [5.74, 6) is 4.93. The summed E-state index contributed by atoms with van der Waals surface area (Å²) in [7, 11) is 0. The van der Waals surface area contributed by atoms with Crippen molar-refractivity contribution >= 4 is 15.9 Å². The van der Waals surface area contributed by atoms with Gasteiger partial charge in [-0.25, -0.2) is 0 Å². The van der Waals surface area contributed by atoms with Gasteiger partial charge in [-0.3, -0.25) is 0 Å². The predicted octanol–water partition coefficient (Wildman–Crippen LogP) is 4.79. The van der Waals surface area contributed by atoms with Crippen LogP contribution in [0, 0.1) is 35.0 Å². The van der Waals surface area contributed by atoms with Crippen LogP contribution in [0.25, 0.3) is 0 Å². The maximum atomic E-state index is 4.11. The highest BCUT2D eigenvalue weighted by Gasteiger charge is 2.64. The number of rotatable bonds is 1. The Bertz CT molecular complexity index is 376. The van der Waals surface area contributed by atoms with E-state index in [0.29, 0.717) is 9.74 Å². The molecule has 0 spiro atoms. The van der Waals surface area contributed by atoms with Crippen LogP contribution in [0.2, 0.25) is 0 Å². The molecular formula is C16H23Br. The molecule has 0 aromatic heterocycles. The molecule has 5 aliphatic carbocycles. The first kappa shape index (κ1) is 11.1. The van der Waals surface area contributed by atoms with Gasteiger partial charge in [-0.15, -0.1) is 6.58 Å². The van der Waals surface area contributed by atoms with E-state index in [9.17, 15) is 0 Å². The van der Waals surface area contributed by atoms with Gasteiger partial charge in [-0.2, -0.15) is 0 Å². The predicted molar refractivity (Wildman–Crippen MR) is 75.1 cm³/mol. The minimum atomic E-state index is 0.531. The Balaban J connectivity index is 1.77. The van der Waals surface area contributed by atoms with Crippen LogP contribution in [0.1, 0.15) is 45.4 Å². The van der Waals surface area contributed by atoms with Crippen molar-refractivity contribution in [3.63, 3.8) is 0 Å². The molecule has 0 aromatic carbocycles. The van der Waals surface area contributed by atoms with Gasteiger partial charge >= 0.3 is 0 Å². The van der Waals surface area contributed by atoms with Gasteiger partial charge in [-0.1, -0.05) is 28.9 Å². The zero-order valence-corrected chi connectivity index (χ0v) is 12.4. The van der Waals surface area contributed by atoms with Crippen molar-refractivity contribution in [1.29, 1.82) is 0 Å². The standard InChI is InChI=1S/C16H23Br/c1-3-10-4-12-11-6-15(2)9-16(17,7-11)8-13(12)14(15)5-10/h3,10-14H,1,4-9H2,2H3. The third-order valence-electron chi connectivity index (χ3n) is 6.71. The molecule has 0 aromatic rings. The summed E-state index contributed by atoms with van der Waals surface area (Å²) in [4.78, 5) is 0. The lowest BCUT2D eigenvalue weighted by molar-refractivity contribution is -0.154. The fourth-order valence-corrected chi connectivity index (χ4v) is 7.85. The molecular weight excluding hydrogens is 272 g/mol. The Morgan fingerprint density at radius 3 is 2.76 bits per heavy atom. The molecule has 94 valence electrons. The maximum absolute atomic E-state index is 4.11.